The predicted molar refractivity (Wildman–Crippen MR) is 60.8 cm³/mol. The lowest BCUT2D eigenvalue weighted by atomic mass is 10.2. The van der Waals surface area contributed by atoms with Gasteiger partial charge in [-0.3, -0.25) is 4.79 Å². The lowest BCUT2D eigenvalue weighted by Crippen LogP contribution is -1.95. The molecule has 84 valence electrons. The monoisotopic (exact) mass is 238 g/mol. The highest BCUT2D eigenvalue weighted by Crippen LogP contribution is 2.15. The minimum absolute atomic E-state index is 0.254. The van der Waals surface area contributed by atoms with Crippen molar-refractivity contribution in [1.29, 1.82) is 0 Å². The molecule has 2 aromatic rings. The molecule has 2 rings (SSSR count). The van der Waals surface area contributed by atoms with Crippen LogP contribution in [0.1, 0.15) is 21.6 Å². The molecule has 5 heteroatoms. The zero-order valence-corrected chi connectivity index (χ0v) is 9.78. The topological polar surface area (TPSA) is 43.6 Å². The standard InChI is InChI=1S/C11H11ClN2O2/c1-7-3-8(6-16-2)11-13-9(10(12)15)5-14(11)4-7/h3-5H,6H2,1-2H3. The van der Waals surface area contributed by atoms with Crippen LogP contribution in [-0.4, -0.2) is 21.7 Å². The van der Waals surface area contributed by atoms with Crippen molar-refractivity contribution < 1.29 is 9.53 Å². The number of rotatable bonds is 3. The Hall–Kier alpha value is -1.39. The highest BCUT2D eigenvalue weighted by Gasteiger charge is 2.11. The van der Waals surface area contributed by atoms with Gasteiger partial charge in [-0.1, -0.05) is 0 Å². The predicted octanol–water partition coefficient (Wildman–Crippen LogP) is 2.17. The molecule has 4 nitrogen and oxygen atoms in total. The van der Waals surface area contributed by atoms with Crippen LogP contribution in [0.4, 0.5) is 0 Å². The Labute approximate surface area is 97.8 Å². The van der Waals surface area contributed by atoms with E-state index in [1.54, 1.807) is 17.7 Å². The minimum atomic E-state index is -0.551. The number of aryl methyl sites for hydroxylation is 1. The first-order valence-electron chi connectivity index (χ1n) is 4.79. The van der Waals surface area contributed by atoms with Crippen molar-refractivity contribution in [2.75, 3.05) is 7.11 Å². The summed E-state index contributed by atoms with van der Waals surface area (Å²) in [6.07, 6.45) is 3.52. The number of carbonyl (C=O) groups is 1. The third kappa shape index (κ3) is 1.94. The third-order valence-corrected chi connectivity index (χ3v) is 2.46. The van der Waals surface area contributed by atoms with Gasteiger partial charge in [0.1, 0.15) is 11.3 Å². The molecule has 0 aliphatic rings. The lowest BCUT2D eigenvalue weighted by molar-refractivity contribution is 0.107. The summed E-state index contributed by atoms with van der Waals surface area (Å²) in [7, 11) is 1.62. The maximum absolute atomic E-state index is 11.0. The molecule has 0 atom stereocenters. The van der Waals surface area contributed by atoms with Gasteiger partial charge in [0.15, 0.2) is 0 Å². The SMILES string of the molecule is COCc1cc(C)cn2cc(C(=O)Cl)nc12. The Morgan fingerprint density at radius 2 is 2.31 bits per heavy atom. The van der Waals surface area contributed by atoms with E-state index in [1.165, 1.54) is 0 Å². The van der Waals surface area contributed by atoms with E-state index in [0.717, 1.165) is 11.1 Å². The summed E-state index contributed by atoms with van der Waals surface area (Å²) >= 11 is 5.40. The average Bonchev–Trinajstić information content (AvgIpc) is 2.61. The van der Waals surface area contributed by atoms with E-state index < -0.39 is 5.24 Å². The Morgan fingerprint density at radius 3 is 2.94 bits per heavy atom. The number of aromatic nitrogens is 2. The van der Waals surface area contributed by atoms with Crippen LogP contribution >= 0.6 is 11.6 Å². The number of nitrogens with zero attached hydrogens (tertiary/aromatic N) is 2. The number of halogens is 1. The summed E-state index contributed by atoms with van der Waals surface area (Å²) in [5.41, 5.74) is 2.97. The van der Waals surface area contributed by atoms with Gasteiger partial charge < -0.3 is 9.14 Å². The lowest BCUT2D eigenvalue weighted by Gasteiger charge is -2.03. The summed E-state index contributed by atoms with van der Waals surface area (Å²) in [4.78, 5) is 15.2. The van der Waals surface area contributed by atoms with Crippen molar-refractivity contribution >= 4 is 22.5 Å². The van der Waals surface area contributed by atoms with Gasteiger partial charge in [-0.05, 0) is 30.2 Å². The van der Waals surface area contributed by atoms with E-state index in [-0.39, 0.29) is 5.69 Å². The minimum Gasteiger partial charge on any atom is -0.380 e. The molecule has 16 heavy (non-hydrogen) atoms. The van der Waals surface area contributed by atoms with Gasteiger partial charge in [-0.25, -0.2) is 4.98 Å². The van der Waals surface area contributed by atoms with Crippen LogP contribution in [-0.2, 0) is 11.3 Å². The maximum Gasteiger partial charge on any atom is 0.272 e. The summed E-state index contributed by atoms with van der Waals surface area (Å²) in [6, 6.07) is 1.98. The molecule has 0 spiro atoms. The van der Waals surface area contributed by atoms with Crippen LogP contribution in [0.15, 0.2) is 18.5 Å². The van der Waals surface area contributed by atoms with Gasteiger partial charge in [-0.15, -0.1) is 0 Å². The van der Waals surface area contributed by atoms with Crippen molar-refractivity contribution in [1.82, 2.24) is 9.38 Å². The van der Waals surface area contributed by atoms with Gasteiger partial charge >= 0.3 is 0 Å². The van der Waals surface area contributed by atoms with Gasteiger partial charge in [0, 0.05) is 25.1 Å². The Bertz CT molecular complexity index is 548. The molecule has 0 aliphatic carbocycles. The number of carbonyl (C=O) groups excluding carboxylic acids is 1. The van der Waals surface area contributed by atoms with E-state index in [9.17, 15) is 4.79 Å². The molecule has 2 aromatic heterocycles. The fourth-order valence-corrected chi connectivity index (χ4v) is 1.77. The molecular formula is C11H11ClN2O2. The molecule has 0 unspecified atom stereocenters. The fourth-order valence-electron chi connectivity index (χ4n) is 1.68. The molecule has 0 N–H and O–H groups in total. The number of ether oxygens (including phenoxy) is 1. The van der Waals surface area contributed by atoms with Crippen molar-refractivity contribution in [3.63, 3.8) is 0 Å². The van der Waals surface area contributed by atoms with Crippen molar-refractivity contribution in [2.45, 2.75) is 13.5 Å². The van der Waals surface area contributed by atoms with Crippen LogP contribution in [0.25, 0.3) is 5.65 Å². The van der Waals surface area contributed by atoms with Crippen molar-refractivity contribution in [2.24, 2.45) is 0 Å². The highest BCUT2D eigenvalue weighted by molar-refractivity contribution is 6.67. The van der Waals surface area contributed by atoms with Crippen molar-refractivity contribution in [3.05, 3.63) is 35.3 Å². The third-order valence-electron chi connectivity index (χ3n) is 2.27. The Morgan fingerprint density at radius 1 is 1.56 bits per heavy atom. The summed E-state index contributed by atoms with van der Waals surface area (Å²) in [5, 5.41) is -0.551. The first kappa shape index (κ1) is 11.1. The first-order chi connectivity index (χ1) is 7.61. The summed E-state index contributed by atoms with van der Waals surface area (Å²) in [5.74, 6) is 0. The van der Waals surface area contributed by atoms with Crippen molar-refractivity contribution in [3.8, 4) is 0 Å². The van der Waals surface area contributed by atoms with Crippen LogP contribution in [0.5, 0.6) is 0 Å². The van der Waals surface area contributed by atoms with E-state index in [1.807, 2.05) is 19.2 Å². The number of hydrogen-bond donors (Lipinski definition) is 0. The second-order valence-electron chi connectivity index (χ2n) is 3.61. The maximum atomic E-state index is 11.0. The Balaban J connectivity index is 2.65. The number of methoxy groups -OCH3 is 1. The Kier molecular flexibility index (Phi) is 2.94. The van der Waals surface area contributed by atoms with E-state index in [4.69, 9.17) is 16.3 Å². The molecule has 0 fully saturated rings. The van der Waals surface area contributed by atoms with Gasteiger partial charge in [0.05, 0.1) is 6.61 Å². The first-order valence-corrected chi connectivity index (χ1v) is 5.16. The molecular weight excluding hydrogens is 228 g/mol. The molecule has 0 bridgehead atoms. The van der Waals surface area contributed by atoms with Gasteiger partial charge in [-0.2, -0.15) is 0 Å². The normalized spacial score (nSPS) is 10.9. The molecule has 0 aromatic carbocycles. The number of imidazole rings is 1. The fraction of sp³-hybridized carbons (Fsp3) is 0.273. The van der Waals surface area contributed by atoms with E-state index in [2.05, 4.69) is 4.98 Å². The molecule has 0 radical (unpaired) electrons. The summed E-state index contributed by atoms with van der Waals surface area (Å²) < 4.78 is 6.88. The highest BCUT2D eigenvalue weighted by atomic mass is 35.5. The number of pyridine rings is 1. The largest absolute Gasteiger partial charge is 0.380 e. The molecule has 0 saturated carbocycles. The second-order valence-corrected chi connectivity index (χ2v) is 3.95. The molecule has 0 aliphatic heterocycles. The molecule has 0 amide bonds. The summed E-state index contributed by atoms with van der Waals surface area (Å²) in [6.45, 7) is 2.43. The zero-order chi connectivity index (χ0) is 11.7. The van der Waals surface area contributed by atoms with Gasteiger partial charge in [0.2, 0.25) is 0 Å². The van der Waals surface area contributed by atoms with Crippen LogP contribution < -0.4 is 0 Å². The molecule has 0 saturated heterocycles. The van der Waals surface area contributed by atoms with Crippen LogP contribution in [0.3, 0.4) is 0 Å². The van der Waals surface area contributed by atoms with Crippen LogP contribution in [0.2, 0.25) is 0 Å². The van der Waals surface area contributed by atoms with E-state index >= 15 is 0 Å². The smallest absolute Gasteiger partial charge is 0.272 e. The van der Waals surface area contributed by atoms with E-state index in [0.29, 0.717) is 12.3 Å². The zero-order valence-electron chi connectivity index (χ0n) is 9.03. The number of fused-ring (bicyclic) bond motifs is 1. The quantitative estimate of drug-likeness (QED) is 0.770. The van der Waals surface area contributed by atoms with Crippen LogP contribution in [0, 0.1) is 6.92 Å². The number of hydrogen-bond acceptors (Lipinski definition) is 3. The second kappa shape index (κ2) is 4.23. The molecule has 2 heterocycles. The van der Waals surface area contributed by atoms with Gasteiger partial charge in [0.25, 0.3) is 5.24 Å². The average molecular weight is 239 g/mol.